The van der Waals surface area contributed by atoms with E-state index >= 15 is 0 Å². The van der Waals surface area contributed by atoms with Gasteiger partial charge in [0.1, 0.15) is 0 Å². The third kappa shape index (κ3) is 15.0. The average molecular weight is 304 g/mol. The van der Waals surface area contributed by atoms with E-state index in [-0.39, 0.29) is 25.0 Å². The summed E-state index contributed by atoms with van der Waals surface area (Å²) >= 11 is 0. The van der Waals surface area contributed by atoms with Crippen LogP contribution >= 0.6 is 0 Å². The molecule has 4 N–H and O–H groups in total. The van der Waals surface area contributed by atoms with Crippen LogP contribution in [-0.2, 0) is 14.3 Å². The molecule has 2 amide bonds. The fourth-order valence-corrected chi connectivity index (χ4v) is 1.56. The molecule has 21 heavy (non-hydrogen) atoms. The first-order chi connectivity index (χ1) is 10.2. The molecule has 0 radical (unpaired) electrons. The maximum atomic E-state index is 11.3. The maximum Gasteiger partial charge on any atom is 0.220 e. The van der Waals surface area contributed by atoms with Crippen molar-refractivity contribution in [3.63, 3.8) is 0 Å². The number of nitrogens with one attached hydrogen (secondary N) is 2. The first kappa shape index (κ1) is 19.8. The van der Waals surface area contributed by atoms with Gasteiger partial charge in [-0.2, -0.15) is 0 Å². The van der Waals surface area contributed by atoms with Crippen molar-refractivity contribution in [1.82, 2.24) is 10.6 Å². The van der Waals surface area contributed by atoms with Gasteiger partial charge in [-0.1, -0.05) is 0 Å². The lowest BCUT2D eigenvalue weighted by Crippen LogP contribution is -2.25. The summed E-state index contributed by atoms with van der Waals surface area (Å²) in [6.45, 7) is 2.16. The number of hydrogen-bond acceptors (Lipinski definition) is 5. The molecule has 0 aromatic heterocycles. The molecule has 0 aromatic carbocycles. The van der Waals surface area contributed by atoms with Crippen molar-refractivity contribution < 1.29 is 24.5 Å². The Bertz CT molecular complexity index is 248. The molecule has 0 rings (SSSR count). The van der Waals surface area contributed by atoms with Gasteiger partial charge in [0, 0.05) is 52.4 Å². The minimum absolute atomic E-state index is 0.0321. The van der Waals surface area contributed by atoms with E-state index < -0.39 is 0 Å². The third-order valence-electron chi connectivity index (χ3n) is 2.70. The van der Waals surface area contributed by atoms with E-state index in [4.69, 9.17) is 14.9 Å². The summed E-state index contributed by atoms with van der Waals surface area (Å²) < 4.78 is 5.35. The van der Waals surface area contributed by atoms with E-state index in [9.17, 15) is 9.59 Å². The van der Waals surface area contributed by atoms with Crippen LogP contribution in [0.1, 0.15) is 38.5 Å². The molecule has 0 heterocycles. The summed E-state index contributed by atoms with van der Waals surface area (Å²) in [7, 11) is 0. The molecule has 7 nitrogen and oxygen atoms in total. The first-order valence-electron chi connectivity index (χ1n) is 7.53. The number of aliphatic hydroxyl groups is 2. The number of hydrogen-bond donors (Lipinski definition) is 4. The van der Waals surface area contributed by atoms with E-state index in [2.05, 4.69) is 10.6 Å². The van der Waals surface area contributed by atoms with E-state index in [0.29, 0.717) is 64.8 Å². The molecule has 0 unspecified atom stereocenters. The normalized spacial score (nSPS) is 10.4. The van der Waals surface area contributed by atoms with E-state index in [1.165, 1.54) is 0 Å². The lowest BCUT2D eigenvalue weighted by molar-refractivity contribution is -0.121. The summed E-state index contributed by atoms with van der Waals surface area (Å²) in [6.07, 6.45) is 3.26. The smallest absolute Gasteiger partial charge is 0.220 e. The average Bonchev–Trinajstić information content (AvgIpc) is 2.47. The summed E-state index contributed by atoms with van der Waals surface area (Å²) in [5, 5.41) is 22.5. The van der Waals surface area contributed by atoms with Crippen LogP contribution in [0.2, 0.25) is 0 Å². The topological polar surface area (TPSA) is 108 Å². The SMILES string of the molecule is O=C(CCCOCCCC(=O)NCCCO)NCCCO. The van der Waals surface area contributed by atoms with Gasteiger partial charge in [-0.15, -0.1) is 0 Å². The van der Waals surface area contributed by atoms with Gasteiger partial charge in [-0.25, -0.2) is 0 Å². The maximum absolute atomic E-state index is 11.3. The number of rotatable bonds is 14. The predicted molar refractivity (Wildman–Crippen MR) is 78.7 cm³/mol. The molecular formula is C14H28N2O5. The molecule has 0 aliphatic carbocycles. The molecule has 0 saturated carbocycles. The van der Waals surface area contributed by atoms with Crippen LogP contribution in [0.4, 0.5) is 0 Å². The van der Waals surface area contributed by atoms with Gasteiger partial charge < -0.3 is 25.6 Å². The van der Waals surface area contributed by atoms with E-state index in [0.717, 1.165) is 0 Å². The molecule has 0 fully saturated rings. The molecule has 7 heteroatoms. The highest BCUT2D eigenvalue weighted by Gasteiger charge is 2.02. The molecule has 0 aliphatic rings. The van der Waals surface area contributed by atoms with Crippen LogP contribution in [0, 0.1) is 0 Å². The summed E-state index contributed by atoms with van der Waals surface area (Å²) in [5.41, 5.74) is 0. The predicted octanol–water partition coefficient (Wildman–Crippen LogP) is -0.439. The van der Waals surface area contributed by atoms with Crippen LogP contribution < -0.4 is 10.6 Å². The van der Waals surface area contributed by atoms with Gasteiger partial charge in [-0.3, -0.25) is 9.59 Å². The summed E-state index contributed by atoms with van der Waals surface area (Å²) in [6, 6.07) is 0. The van der Waals surface area contributed by atoms with Crippen molar-refractivity contribution in [3.8, 4) is 0 Å². The lowest BCUT2D eigenvalue weighted by Gasteiger charge is -2.06. The fourth-order valence-electron chi connectivity index (χ4n) is 1.56. The second-order valence-corrected chi connectivity index (χ2v) is 4.67. The van der Waals surface area contributed by atoms with Crippen LogP contribution in [0.5, 0.6) is 0 Å². The lowest BCUT2D eigenvalue weighted by atomic mass is 10.3. The van der Waals surface area contributed by atoms with Crippen molar-refractivity contribution in [2.75, 3.05) is 39.5 Å². The van der Waals surface area contributed by atoms with Crippen LogP contribution in [0.3, 0.4) is 0 Å². The molecule has 124 valence electrons. The molecule has 0 saturated heterocycles. The van der Waals surface area contributed by atoms with E-state index in [1.807, 2.05) is 0 Å². The van der Waals surface area contributed by atoms with Crippen molar-refractivity contribution >= 4 is 11.8 Å². The van der Waals surface area contributed by atoms with Gasteiger partial charge >= 0.3 is 0 Å². The zero-order valence-corrected chi connectivity index (χ0v) is 12.6. The number of carbonyl (C=O) groups is 2. The molecule has 0 aromatic rings. The van der Waals surface area contributed by atoms with Crippen molar-refractivity contribution in [2.24, 2.45) is 0 Å². The monoisotopic (exact) mass is 304 g/mol. The van der Waals surface area contributed by atoms with Crippen molar-refractivity contribution in [3.05, 3.63) is 0 Å². The first-order valence-corrected chi connectivity index (χ1v) is 7.53. The Hall–Kier alpha value is -1.18. The highest BCUT2D eigenvalue weighted by Crippen LogP contribution is 1.95. The van der Waals surface area contributed by atoms with Gasteiger partial charge in [0.2, 0.25) is 11.8 Å². The summed E-state index contributed by atoms with van der Waals surface area (Å²) in [4.78, 5) is 22.6. The minimum Gasteiger partial charge on any atom is -0.396 e. The van der Waals surface area contributed by atoms with Gasteiger partial charge in [0.25, 0.3) is 0 Å². The Morgan fingerprint density at radius 3 is 1.57 bits per heavy atom. The molecule has 0 atom stereocenters. The number of ether oxygens (including phenoxy) is 1. The highest BCUT2D eigenvalue weighted by atomic mass is 16.5. The highest BCUT2D eigenvalue weighted by molar-refractivity contribution is 5.76. The van der Waals surface area contributed by atoms with Crippen LogP contribution in [-0.4, -0.2) is 61.5 Å². The van der Waals surface area contributed by atoms with Crippen LogP contribution in [0.15, 0.2) is 0 Å². The molecule has 0 bridgehead atoms. The largest absolute Gasteiger partial charge is 0.396 e. The Morgan fingerprint density at radius 2 is 1.19 bits per heavy atom. The van der Waals surface area contributed by atoms with E-state index in [1.54, 1.807) is 0 Å². The fraction of sp³-hybridized carbons (Fsp3) is 0.857. The molecular weight excluding hydrogens is 276 g/mol. The quantitative estimate of drug-likeness (QED) is 0.325. The summed E-state index contributed by atoms with van der Waals surface area (Å²) in [5.74, 6) is -0.0642. The Kier molecular flexibility index (Phi) is 14.4. The molecule has 0 spiro atoms. The minimum atomic E-state index is -0.0321. The van der Waals surface area contributed by atoms with Gasteiger partial charge in [0.15, 0.2) is 0 Å². The Morgan fingerprint density at radius 1 is 0.762 bits per heavy atom. The number of aliphatic hydroxyl groups excluding tert-OH is 2. The second kappa shape index (κ2) is 15.2. The Balaban J connectivity index is 3.24. The third-order valence-corrected chi connectivity index (χ3v) is 2.70. The zero-order valence-electron chi connectivity index (χ0n) is 12.6. The zero-order chi connectivity index (χ0) is 15.8. The van der Waals surface area contributed by atoms with Crippen molar-refractivity contribution in [2.45, 2.75) is 38.5 Å². The standard InChI is InChI=1S/C14H28N2O5/c17-9-3-7-15-13(19)5-1-11-21-12-2-6-14(20)16-8-4-10-18/h17-18H,1-12H2,(H,15,19)(H,16,20). The Labute approximate surface area is 126 Å². The second-order valence-electron chi connectivity index (χ2n) is 4.67. The van der Waals surface area contributed by atoms with Gasteiger partial charge in [-0.05, 0) is 25.7 Å². The number of carbonyl (C=O) groups excluding carboxylic acids is 2. The van der Waals surface area contributed by atoms with Gasteiger partial charge in [0.05, 0.1) is 0 Å². The van der Waals surface area contributed by atoms with Crippen molar-refractivity contribution in [1.29, 1.82) is 0 Å². The number of amides is 2. The van der Waals surface area contributed by atoms with Crippen LogP contribution in [0.25, 0.3) is 0 Å². The molecule has 0 aliphatic heterocycles.